The van der Waals surface area contributed by atoms with E-state index in [4.69, 9.17) is 4.74 Å². The number of hydrogen-bond donors (Lipinski definition) is 2. The van der Waals surface area contributed by atoms with E-state index in [9.17, 15) is 4.39 Å². The fourth-order valence-electron chi connectivity index (χ4n) is 1.58. The van der Waals surface area contributed by atoms with Crippen molar-refractivity contribution in [2.45, 2.75) is 6.10 Å². The van der Waals surface area contributed by atoms with Crippen LogP contribution in [0, 0.1) is 5.82 Å². The first kappa shape index (κ1) is 10.4. The molecule has 15 heavy (non-hydrogen) atoms. The molecule has 0 aliphatic carbocycles. The molecule has 1 aromatic rings. The van der Waals surface area contributed by atoms with E-state index in [0.717, 1.165) is 19.7 Å². The lowest BCUT2D eigenvalue weighted by atomic mass is 10.2. The number of para-hydroxylation sites is 1. The Morgan fingerprint density at radius 1 is 1.47 bits per heavy atom. The summed E-state index contributed by atoms with van der Waals surface area (Å²) in [5.41, 5.74) is 0.534. The summed E-state index contributed by atoms with van der Waals surface area (Å²) in [5, 5.41) is 6.27. The van der Waals surface area contributed by atoms with Crippen LogP contribution in [0.2, 0.25) is 0 Å². The van der Waals surface area contributed by atoms with E-state index in [1.807, 2.05) is 6.07 Å². The van der Waals surface area contributed by atoms with Crippen molar-refractivity contribution >= 4 is 5.69 Å². The van der Waals surface area contributed by atoms with Crippen LogP contribution in [0.15, 0.2) is 24.3 Å². The zero-order valence-corrected chi connectivity index (χ0v) is 8.50. The molecule has 1 aromatic carbocycles. The molecule has 3 nitrogen and oxygen atoms in total. The van der Waals surface area contributed by atoms with Gasteiger partial charge in [0.2, 0.25) is 0 Å². The van der Waals surface area contributed by atoms with Crippen molar-refractivity contribution in [2.24, 2.45) is 0 Å². The zero-order chi connectivity index (χ0) is 10.5. The van der Waals surface area contributed by atoms with E-state index < -0.39 is 0 Å². The van der Waals surface area contributed by atoms with Gasteiger partial charge in [0.25, 0.3) is 0 Å². The third kappa shape index (κ3) is 2.91. The maximum atomic E-state index is 13.2. The molecule has 0 bridgehead atoms. The molecule has 0 radical (unpaired) electrons. The molecule has 0 aromatic heterocycles. The van der Waals surface area contributed by atoms with Crippen molar-refractivity contribution in [2.75, 3.05) is 31.6 Å². The minimum atomic E-state index is -0.221. The van der Waals surface area contributed by atoms with Crippen LogP contribution in [0.5, 0.6) is 0 Å². The Labute approximate surface area is 88.6 Å². The average molecular weight is 210 g/mol. The Hall–Kier alpha value is -1.13. The Morgan fingerprint density at radius 3 is 3.07 bits per heavy atom. The van der Waals surface area contributed by atoms with E-state index >= 15 is 0 Å². The number of anilines is 1. The Bertz CT molecular complexity index is 313. The highest BCUT2D eigenvalue weighted by Crippen LogP contribution is 2.12. The second-order valence-electron chi connectivity index (χ2n) is 3.56. The van der Waals surface area contributed by atoms with E-state index in [-0.39, 0.29) is 11.9 Å². The van der Waals surface area contributed by atoms with Gasteiger partial charge in [-0.15, -0.1) is 0 Å². The maximum Gasteiger partial charge on any atom is 0.146 e. The second-order valence-corrected chi connectivity index (χ2v) is 3.56. The molecule has 2 rings (SSSR count). The van der Waals surface area contributed by atoms with Gasteiger partial charge in [-0.1, -0.05) is 12.1 Å². The van der Waals surface area contributed by atoms with Crippen molar-refractivity contribution < 1.29 is 9.13 Å². The van der Waals surface area contributed by atoms with E-state index in [1.54, 1.807) is 12.1 Å². The molecule has 1 aliphatic rings. The first-order valence-electron chi connectivity index (χ1n) is 5.17. The quantitative estimate of drug-likeness (QED) is 0.787. The third-order valence-corrected chi connectivity index (χ3v) is 2.40. The summed E-state index contributed by atoms with van der Waals surface area (Å²) >= 11 is 0. The van der Waals surface area contributed by atoms with Gasteiger partial charge >= 0.3 is 0 Å². The van der Waals surface area contributed by atoms with Crippen LogP contribution in [0.25, 0.3) is 0 Å². The zero-order valence-electron chi connectivity index (χ0n) is 8.50. The van der Waals surface area contributed by atoms with Gasteiger partial charge in [-0.3, -0.25) is 0 Å². The first-order chi connectivity index (χ1) is 7.36. The SMILES string of the molecule is Fc1ccccc1NCC1CNCCO1. The summed E-state index contributed by atoms with van der Waals surface area (Å²) < 4.78 is 18.7. The number of hydrogen-bond acceptors (Lipinski definition) is 3. The summed E-state index contributed by atoms with van der Waals surface area (Å²) in [7, 11) is 0. The summed E-state index contributed by atoms with van der Waals surface area (Å²) in [6, 6.07) is 6.67. The molecule has 0 saturated carbocycles. The Morgan fingerprint density at radius 2 is 2.33 bits per heavy atom. The van der Waals surface area contributed by atoms with Gasteiger partial charge < -0.3 is 15.4 Å². The number of nitrogens with one attached hydrogen (secondary N) is 2. The molecular formula is C11H15FN2O. The summed E-state index contributed by atoms with van der Waals surface area (Å²) in [6.07, 6.45) is 0.123. The fourth-order valence-corrected chi connectivity index (χ4v) is 1.58. The van der Waals surface area contributed by atoms with E-state index in [1.165, 1.54) is 6.07 Å². The van der Waals surface area contributed by atoms with Crippen LogP contribution in [-0.4, -0.2) is 32.3 Å². The molecule has 1 heterocycles. The minimum absolute atomic E-state index is 0.123. The van der Waals surface area contributed by atoms with Crippen molar-refractivity contribution in [3.63, 3.8) is 0 Å². The number of benzene rings is 1. The van der Waals surface area contributed by atoms with E-state index in [2.05, 4.69) is 10.6 Å². The first-order valence-corrected chi connectivity index (χ1v) is 5.17. The lowest BCUT2D eigenvalue weighted by Crippen LogP contribution is -2.42. The van der Waals surface area contributed by atoms with Gasteiger partial charge in [0.15, 0.2) is 0 Å². The lowest BCUT2D eigenvalue weighted by molar-refractivity contribution is 0.0372. The smallest absolute Gasteiger partial charge is 0.146 e. The van der Waals surface area contributed by atoms with Gasteiger partial charge in [-0.05, 0) is 12.1 Å². The van der Waals surface area contributed by atoms with Crippen LogP contribution in [0.3, 0.4) is 0 Å². The second kappa shape index (κ2) is 5.09. The monoisotopic (exact) mass is 210 g/mol. The largest absolute Gasteiger partial charge is 0.380 e. The summed E-state index contributed by atoms with van der Waals surface area (Å²) in [4.78, 5) is 0. The minimum Gasteiger partial charge on any atom is -0.380 e. The van der Waals surface area contributed by atoms with Crippen molar-refractivity contribution in [1.29, 1.82) is 0 Å². The van der Waals surface area contributed by atoms with Gasteiger partial charge in [-0.25, -0.2) is 4.39 Å². The average Bonchev–Trinajstić information content (AvgIpc) is 2.29. The normalized spacial score (nSPS) is 21.3. The Balaban J connectivity index is 1.84. The van der Waals surface area contributed by atoms with Gasteiger partial charge in [0.05, 0.1) is 18.4 Å². The molecule has 82 valence electrons. The number of halogens is 1. The van der Waals surface area contributed by atoms with E-state index in [0.29, 0.717) is 12.2 Å². The van der Waals surface area contributed by atoms with Crippen molar-refractivity contribution in [3.05, 3.63) is 30.1 Å². The highest BCUT2D eigenvalue weighted by atomic mass is 19.1. The van der Waals surface area contributed by atoms with Gasteiger partial charge in [0.1, 0.15) is 5.82 Å². The molecule has 0 spiro atoms. The van der Waals surface area contributed by atoms with Crippen LogP contribution in [-0.2, 0) is 4.74 Å². The molecular weight excluding hydrogens is 195 g/mol. The number of morpholine rings is 1. The van der Waals surface area contributed by atoms with Crippen LogP contribution < -0.4 is 10.6 Å². The van der Waals surface area contributed by atoms with Crippen LogP contribution >= 0.6 is 0 Å². The van der Waals surface area contributed by atoms with Gasteiger partial charge in [-0.2, -0.15) is 0 Å². The lowest BCUT2D eigenvalue weighted by Gasteiger charge is -2.24. The van der Waals surface area contributed by atoms with Crippen molar-refractivity contribution in [1.82, 2.24) is 5.32 Å². The molecule has 1 fully saturated rings. The predicted octanol–water partition coefficient (Wildman–Crippen LogP) is 1.23. The third-order valence-electron chi connectivity index (χ3n) is 2.40. The fraction of sp³-hybridized carbons (Fsp3) is 0.455. The highest BCUT2D eigenvalue weighted by molar-refractivity contribution is 5.44. The van der Waals surface area contributed by atoms with Crippen LogP contribution in [0.4, 0.5) is 10.1 Å². The van der Waals surface area contributed by atoms with Crippen molar-refractivity contribution in [3.8, 4) is 0 Å². The maximum absolute atomic E-state index is 13.2. The highest BCUT2D eigenvalue weighted by Gasteiger charge is 2.13. The molecule has 0 amide bonds. The predicted molar refractivity (Wildman–Crippen MR) is 57.5 cm³/mol. The topological polar surface area (TPSA) is 33.3 Å². The standard InChI is InChI=1S/C11H15FN2O/c12-10-3-1-2-4-11(10)14-8-9-7-13-5-6-15-9/h1-4,9,13-14H,5-8H2. The summed E-state index contributed by atoms with van der Waals surface area (Å²) in [6.45, 7) is 3.08. The molecule has 2 N–H and O–H groups in total. The van der Waals surface area contributed by atoms with Gasteiger partial charge in [0, 0.05) is 19.6 Å². The number of rotatable bonds is 3. The molecule has 1 atom stereocenters. The molecule has 4 heteroatoms. The molecule has 1 aliphatic heterocycles. The summed E-state index contributed by atoms with van der Waals surface area (Å²) in [5.74, 6) is -0.221. The number of ether oxygens (including phenoxy) is 1. The molecule has 1 saturated heterocycles. The Kier molecular flexibility index (Phi) is 3.53. The van der Waals surface area contributed by atoms with Crippen LogP contribution in [0.1, 0.15) is 0 Å². The molecule has 1 unspecified atom stereocenters.